The maximum Gasteiger partial charge on any atom is 0.142 e. The first-order valence-corrected chi connectivity index (χ1v) is 8.68. The highest BCUT2D eigenvalue weighted by Gasteiger charge is 2.21. The summed E-state index contributed by atoms with van der Waals surface area (Å²) in [7, 11) is 1.85. The Hall–Kier alpha value is -2.60. The number of ketones is 1. The average molecular weight is 335 g/mol. The fourth-order valence-electron chi connectivity index (χ4n) is 3.39. The van der Waals surface area contributed by atoms with E-state index in [0.29, 0.717) is 12.2 Å². The maximum absolute atomic E-state index is 12.5. The number of nitrogens with zero attached hydrogens (tertiary/aromatic N) is 4. The maximum atomic E-state index is 12.5. The van der Waals surface area contributed by atoms with E-state index in [1.807, 2.05) is 37.6 Å². The molecular formula is C19H21N5O. The van der Waals surface area contributed by atoms with Gasteiger partial charge in [0, 0.05) is 42.2 Å². The van der Waals surface area contributed by atoms with Gasteiger partial charge in [-0.15, -0.1) is 5.10 Å². The molecule has 25 heavy (non-hydrogen) atoms. The third kappa shape index (κ3) is 3.44. The van der Waals surface area contributed by atoms with Gasteiger partial charge in [0.1, 0.15) is 11.5 Å². The highest BCUT2D eigenvalue weighted by molar-refractivity contribution is 5.88. The zero-order chi connectivity index (χ0) is 17.2. The molecule has 0 radical (unpaired) electrons. The van der Waals surface area contributed by atoms with Crippen molar-refractivity contribution in [1.29, 1.82) is 0 Å². The van der Waals surface area contributed by atoms with Gasteiger partial charge in [-0.05, 0) is 43.5 Å². The number of benzene rings is 1. The molecule has 0 atom stereocenters. The highest BCUT2D eigenvalue weighted by Crippen LogP contribution is 2.23. The minimum absolute atomic E-state index is 0.171. The molecule has 0 spiro atoms. The van der Waals surface area contributed by atoms with Gasteiger partial charge >= 0.3 is 0 Å². The van der Waals surface area contributed by atoms with Crippen molar-refractivity contribution in [1.82, 2.24) is 25.3 Å². The topological polar surface area (TPSA) is 72.7 Å². The zero-order valence-corrected chi connectivity index (χ0v) is 14.3. The number of carbonyl (C=O) groups excluding carboxylic acids is 1. The van der Waals surface area contributed by atoms with E-state index in [1.54, 1.807) is 4.68 Å². The predicted octanol–water partition coefficient (Wildman–Crippen LogP) is 2.14. The van der Waals surface area contributed by atoms with E-state index in [-0.39, 0.29) is 5.92 Å². The lowest BCUT2D eigenvalue weighted by Gasteiger charge is -2.21. The Kier molecular flexibility index (Phi) is 4.28. The van der Waals surface area contributed by atoms with Crippen LogP contribution in [0.3, 0.4) is 0 Å². The quantitative estimate of drug-likeness (QED) is 0.791. The number of Topliss-reactive ketones (excluding diaryl/α,β-unsaturated/α-hetero) is 1. The summed E-state index contributed by atoms with van der Waals surface area (Å²) in [5.74, 6) is 0.475. The van der Waals surface area contributed by atoms with Gasteiger partial charge in [-0.1, -0.05) is 17.3 Å². The van der Waals surface area contributed by atoms with Gasteiger partial charge in [-0.25, -0.2) is 0 Å². The molecule has 1 aliphatic heterocycles. The van der Waals surface area contributed by atoms with E-state index in [2.05, 4.69) is 26.7 Å². The summed E-state index contributed by atoms with van der Waals surface area (Å²) in [5.41, 5.74) is 2.70. The number of carbonyl (C=O) groups is 1. The summed E-state index contributed by atoms with van der Waals surface area (Å²) in [6.45, 7) is 1.87. The smallest absolute Gasteiger partial charge is 0.142 e. The van der Waals surface area contributed by atoms with Gasteiger partial charge in [0.25, 0.3) is 0 Å². The SMILES string of the molecule is Cn1cc(-c2ccc3cnc(CC(=O)C4CCNCC4)cc3c2)nn1. The van der Waals surface area contributed by atoms with Crippen LogP contribution in [-0.2, 0) is 18.3 Å². The Morgan fingerprint density at radius 3 is 2.84 bits per heavy atom. The summed E-state index contributed by atoms with van der Waals surface area (Å²) in [6, 6.07) is 8.16. The van der Waals surface area contributed by atoms with Crippen molar-refractivity contribution in [3.8, 4) is 11.3 Å². The number of nitrogens with one attached hydrogen (secondary N) is 1. The second-order valence-electron chi connectivity index (χ2n) is 6.68. The van der Waals surface area contributed by atoms with Crippen LogP contribution in [0.2, 0.25) is 0 Å². The molecule has 3 heterocycles. The molecule has 1 N–H and O–H groups in total. The van der Waals surface area contributed by atoms with Crippen molar-refractivity contribution in [3.05, 3.63) is 42.4 Å². The molecule has 0 saturated carbocycles. The van der Waals surface area contributed by atoms with Crippen molar-refractivity contribution in [2.75, 3.05) is 13.1 Å². The third-order valence-electron chi connectivity index (χ3n) is 4.83. The van der Waals surface area contributed by atoms with E-state index in [0.717, 1.165) is 53.7 Å². The van der Waals surface area contributed by atoms with Gasteiger partial charge in [0.2, 0.25) is 0 Å². The molecule has 6 heteroatoms. The first-order valence-electron chi connectivity index (χ1n) is 8.68. The Labute approximate surface area is 146 Å². The van der Waals surface area contributed by atoms with Crippen molar-refractivity contribution in [3.63, 3.8) is 0 Å². The molecule has 1 aliphatic rings. The monoisotopic (exact) mass is 335 g/mol. The van der Waals surface area contributed by atoms with Crippen LogP contribution in [0.5, 0.6) is 0 Å². The lowest BCUT2D eigenvalue weighted by Crippen LogP contribution is -2.32. The van der Waals surface area contributed by atoms with Crippen LogP contribution < -0.4 is 5.32 Å². The Morgan fingerprint density at radius 1 is 1.24 bits per heavy atom. The number of hydrogen-bond acceptors (Lipinski definition) is 5. The molecular weight excluding hydrogens is 314 g/mol. The number of piperidine rings is 1. The minimum Gasteiger partial charge on any atom is -0.317 e. The van der Waals surface area contributed by atoms with Crippen LogP contribution >= 0.6 is 0 Å². The first-order chi connectivity index (χ1) is 12.2. The fourth-order valence-corrected chi connectivity index (χ4v) is 3.39. The minimum atomic E-state index is 0.171. The molecule has 0 unspecified atom stereocenters. The van der Waals surface area contributed by atoms with Gasteiger partial charge < -0.3 is 5.32 Å². The van der Waals surface area contributed by atoms with Crippen molar-refractivity contribution < 1.29 is 4.79 Å². The van der Waals surface area contributed by atoms with E-state index >= 15 is 0 Å². The number of aryl methyl sites for hydroxylation is 1. The summed E-state index contributed by atoms with van der Waals surface area (Å²) < 4.78 is 1.69. The van der Waals surface area contributed by atoms with Crippen LogP contribution in [0.4, 0.5) is 0 Å². The summed E-state index contributed by atoms with van der Waals surface area (Å²) in [6.07, 6.45) is 6.02. The van der Waals surface area contributed by atoms with Crippen LogP contribution in [0, 0.1) is 5.92 Å². The van der Waals surface area contributed by atoms with Gasteiger partial charge in [-0.2, -0.15) is 0 Å². The van der Waals surface area contributed by atoms with E-state index < -0.39 is 0 Å². The highest BCUT2D eigenvalue weighted by atomic mass is 16.1. The number of pyridine rings is 1. The molecule has 0 amide bonds. The largest absolute Gasteiger partial charge is 0.317 e. The van der Waals surface area contributed by atoms with Crippen molar-refractivity contribution in [2.45, 2.75) is 19.3 Å². The van der Waals surface area contributed by atoms with Crippen LogP contribution in [0.1, 0.15) is 18.5 Å². The van der Waals surface area contributed by atoms with Crippen molar-refractivity contribution in [2.24, 2.45) is 13.0 Å². The molecule has 1 aromatic carbocycles. The van der Waals surface area contributed by atoms with E-state index in [9.17, 15) is 4.79 Å². The molecule has 1 saturated heterocycles. The first kappa shape index (κ1) is 15.9. The Balaban J connectivity index is 1.59. The molecule has 6 nitrogen and oxygen atoms in total. The molecule has 128 valence electrons. The molecule has 0 aliphatic carbocycles. The summed E-state index contributed by atoms with van der Waals surface area (Å²) in [4.78, 5) is 17.0. The van der Waals surface area contributed by atoms with Gasteiger partial charge in [0.15, 0.2) is 0 Å². The average Bonchev–Trinajstić information content (AvgIpc) is 3.08. The van der Waals surface area contributed by atoms with Gasteiger partial charge in [0.05, 0.1) is 6.20 Å². The molecule has 1 fully saturated rings. The van der Waals surface area contributed by atoms with E-state index in [4.69, 9.17) is 0 Å². The van der Waals surface area contributed by atoms with Crippen LogP contribution in [0.15, 0.2) is 36.7 Å². The van der Waals surface area contributed by atoms with Crippen molar-refractivity contribution >= 4 is 16.6 Å². The second-order valence-corrected chi connectivity index (χ2v) is 6.68. The lowest BCUT2D eigenvalue weighted by atomic mass is 9.91. The van der Waals surface area contributed by atoms with Crippen LogP contribution in [0.25, 0.3) is 22.0 Å². The van der Waals surface area contributed by atoms with E-state index in [1.165, 1.54) is 0 Å². The zero-order valence-electron chi connectivity index (χ0n) is 14.3. The predicted molar refractivity (Wildman–Crippen MR) is 96.0 cm³/mol. The third-order valence-corrected chi connectivity index (χ3v) is 4.83. The summed E-state index contributed by atoms with van der Waals surface area (Å²) >= 11 is 0. The molecule has 2 aromatic heterocycles. The lowest BCUT2D eigenvalue weighted by molar-refractivity contribution is -0.123. The summed E-state index contributed by atoms with van der Waals surface area (Å²) in [5, 5.41) is 13.6. The molecule has 4 rings (SSSR count). The normalized spacial score (nSPS) is 15.6. The number of fused-ring (bicyclic) bond motifs is 1. The Morgan fingerprint density at radius 2 is 2.08 bits per heavy atom. The number of aromatic nitrogens is 4. The molecule has 0 bridgehead atoms. The van der Waals surface area contributed by atoms with Crippen LogP contribution in [-0.4, -0.2) is 38.9 Å². The Bertz CT molecular complexity index is 911. The fraction of sp³-hybridized carbons (Fsp3) is 0.368. The van der Waals surface area contributed by atoms with Gasteiger partial charge in [-0.3, -0.25) is 14.5 Å². The number of hydrogen-bond donors (Lipinski definition) is 1. The standard InChI is InChI=1S/C19H21N5O/c1-24-12-18(22-23-24)14-2-3-15-11-21-17(9-16(15)8-14)10-19(25)13-4-6-20-7-5-13/h2-3,8-9,11-13,20H,4-7,10H2,1H3. The number of rotatable bonds is 4. The molecule has 3 aromatic rings. The second kappa shape index (κ2) is 6.72.